The van der Waals surface area contributed by atoms with Crippen molar-refractivity contribution >= 4 is 29.7 Å². The molecular weight excluding hydrogens is 625 g/mol. The summed E-state index contributed by atoms with van der Waals surface area (Å²) in [5.74, 6) is -0.144. The summed E-state index contributed by atoms with van der Waals surface area (Å²) >= 11 is 0. The van der Waals surface area contributed by atoms with Crippen LogP contribution in [0, 0.1) is 5.92 Å². The molecule has 43 heavy (non-hydrogen) atoms. The van der Waals surface area contributed by atoms with Gasteiger partial charge < -0.3 is 4.74 Å². The van der Waals surface area contributed by atoms with Crippen LogP contribution in [0.25, 0.3) is 0 Å². The van der Waals surface area contributed by atoms with Crippen molar-refractivity contribution in [3.8, 4) is 0 Å². The van der Waals surface area contributed by atoms with E-state index in [1.165, 1.54) is 24.3 Å². The van der Waals surface area contributed by atoms with Crippen LogP contribution >= 0.6 is 7.92 Å². The fourth-order valence-corrected chi connectivity index (χ4v) is 6.86. The van der Waals surface area contributed by atoms with Gasteiger partial charge in [0.1, 0.15) is 6.61 Å². The Hall–Kier alpha value is -3.28. The van der Waals surface area contributed by atoms with E-state index in [-0.39, 0.29) is 41.4 Å². The fraction of sp³-hybridized carbons (Fsp3) is 0.321. The predicted molar refractivity (Wildman–Crippen MR) is 136 cm³/mol. The van der Waals surface area contributed by atoms with Gasteiger partial charge in [0.25, 0.3) is 0 Å². The molecule has 0 spiro atoms. The highest BCUT2D eigenvalue weighted by Crippen LogP contribution is 2.43. The lowest BCUT2D eigenvalue weighted by Gasteiger charge is -2.25. The third-order valence-corrected chi connectivity index (χ3v) is 8.90. The van der Waals surface area contributed by atoms with Crippen molar-refractivity contribution in [2.45, 2.75) is 44.6 Å². The maximum absolute atomic E-state index is 13.8. The Bertz CT molecular complexity index is 1380. The first-order valence-corrected chi connectivity index (χ1v) is 13.7. The minimum absolute atomic E-state index is 0.00806. The van der Waals surface area contributed by atoms with Gasteiger partial charge in [0.05, 0.1) is 28.3 Å². The lowest BCUT2D eigenvalue weighted by molar-refractivity contribution is -0.144. The predicted octanol–water partition coefficient (Wildman–Crippen LogP) is 8.32. The average Bonchev–Trinajstić information content (AvgIpc) is 3.38. The number of ether oxygens (including phenoxy) is 1. The molecule has 0 fully saturated rings. The standard InChI is InChI=1S/C28H20F12NOP/c1-14(2)22-13-42-24(41-22)21-5-3-4-6-23(21)43(19-9-15(25(29,30)31)7-16(10-19)26(32,33)34)20-11-17(27(35,36)37)8-18(12-20)28(38,39)40/h3-12,14,22H,13H2,1-2H3. The van der Waals surface area contributed by atoms with Crippen molar-refractivity contribution in [3.63, 3.8) is 0 Å². The number of rotatable bonds is 5. The molecule has 1 heterocycles. The Morgan fingerprint density at radius 2 is 1.05 bits per heavy atom. The monoisotopic (exact) mass is 645 g/mol. The van der Waals surface area contributed by atoms with Crippen LogP contribution in [0.2, 0.25) is 0 Å². The maximum atomic E-state index is 13.8. The van der Waals surface area contributed by atoms with Crippen LogP contribution in [0.5, 0.6) is 0 Å². The van der Waals surface area contributed by atoms with Crippen LogP contribution in [0.15, 0.2) is 65.7 Å². The van der Waals surface area contributed by atoms with Crippen LogP contribution in [0.1, 0.15) is 41.7 Å². The van der Waals surface area contributed by atoms with E-state index >= 15 is 0 Å². The quantitative estimate of drug-likeness (QED) is 0.202. The van der Waals surface area contributed by atoms with E-state index in [1.54, 1.807) is 0 Å². The first-order chi connectivity index (χ1) is 19.7. The van der Waals surface area contributed by atoms with Gasteiger partial charge in [-0.3, -0.25) is 0 Å². The third-order valence-electron chi connectivity index (χ3n) is 6.48. The number of benzene rings is 3. The zero-order chi connectivity index (χ0) is 32.1. The van der Waals surface area contributed by atoms with Crippen molar-refractivity contribution in [1.82, 2.24) is 0 Å². The molecule has 4 rings (SSSR count). The Balaban J connectivity index is 2.11. The van der Waals surface area contributed by atoms with Gasteiger partial charge in [-0.1, -0.05) is 32.0 Å². The first-order valence-electron chi connectivity index (χ1n) is 12.4. The molecule has 0 radical (unpaired) electrons. The van der Waals surface area contributed by atoms with E-state index in [0.717, 1.165) is 0 Å². The topological polar surface area (TPSA) is 21.6 Å². The number of halogens is 12. The molecule has 0 amide bonds. The number of hydrogen-bond donors (Lipinski definition) is 0. The zero-order valence-electron chi connectivity index (χ0n) is 22.0. The summed E-state index contributed by atoms with van der Waals surface area (Å²) in [4.78, 5) is 4.40. The molecule has 15 heteroatoms. The number of alkyl halides is 12. The van der Waals surface area contributed by atoms with Gasteiger partial charge in [-0.05, 0) is 72.2 Å². The molecule has 3 aromatic rings. The molecule has 1 aliphatic heterocycles. The normalized spacial score (nSPS) is 16.6. The lowest BCUT2D eigenvalue weighted by atomic mass is 10.1. The van der Waals surface area contributed by atoms with Crippen LogP contribution in [0.4, 0.5) is 52.7 Å². The molecule has 0 saturated carbocycles. The van der Waals surface area contributed by atoms with Crippen molar-refractivity contribution in [2.24, 2.45) is 10.9 Å². The highest BCUT2D eigenvalue weighted by atomic mass is 31.1. The minimum Gasteiger partial charge on any atom is -0.475 e. The van der Waals surface area contributed by atoms with E-state index < -0.39 is 71.5 Å². The van der Waals surface area contributed by atoms with Crippen molar-refractivity contribution in [3.05, 3.63) is 88.5 Å². The lowest BCUT2D eigenvalue weighted by Crippen LogP contribution is -2.29. The fourth-order valence-electron chi connectivity index (χ4n) is 4.29. The van der Waals surface area contributed by atoms with E-state index in [1.807, 2.05) is 13.8 Å². The molecule has 0 N–H and O–H groups in total. The second kappa shape index (κ2) is 11.3. The highest BCUT2D eigenvalue weighted by Gasteiger charge is 2.41. The maximum Gasteiger partial charge on any atom is 0.416 e. The Labute approximate surface area is 238 Å². The SMILES string of the molecule is CC(C)C1COC(c2ccccc2P(c2cc(C(F)(F)F)cc(C(F)(F)F)c2)c2cc(C(F)(F)F)cc(C(F)(F)F)c2)=N1. The largest absolute Gasteiger partial charge is 0.475 e. The second-order valence-electron chi connectivity index (χ2n) is 9.94. The number of nitrogens with zero attached hydrogens (tertiary/aromatic N) is 1. The van der Waals surface area contributed by atoms with Gasteiger partial charge >= 0.3 is 24.7 Å². The van der Waals surface area contributed by atoms with E-state index in [0.29, 0.717) is 24.3 Å². The molecule has 0 bridgehead atoms. The molecule has 232 valence electrons. The Kier molecular flexibility index (Phi) is 8.60. The summed E-state index contributed by atoms with van der Waals surface area (Å²) in [6.45, 7) is 3.67. The first kappa shape index (κ1) is 32.6. The van der Waals surface area contributed by atoms with Crippen LogP contribution in [-0.4, -0.2) is 18.5 Å². The summed E-state index contributed by atoms with van der Waals surface area (Å²) in [5, 5.41) is -1.72. The average molecular weight is 645 g/mol. The van der Waals surface area contributed by atoms with E-state index in [4.69, 9.17) is 4.74 Å². The van der Waals surface area contributed by atoms with Crippen molar-refractivity contribution in [2.75, 3.05) is 6.61 Å². The van der Waals surface area contributed by atoms with Crippen LogP contribution < -0.4 is 15.9 Å². The Morgan fingerprint density at radius 3 is 1.40 bits per heavy atom. The third kappa shape index (κ3) is 7.27. The van der Waals surface area contributed by atoms with Gasteiger partial charge in [0, 0.05) is 5.56 Å². The molecule has 1 atom stereocenters. The number of aliphatic imine (C=N–C) groups is 1. The molecule has 2 nitrogen and oxygen atoms in total. The van der Waals surface area contributed by atoms with Crippen LogP contribution in [0.3, 0.4) is 0 Å². The summed E-state index contributed by atoms with van der Waals surface area (Å²) in [6.07, 6.45) is -21.3. The second-order valence-corrected chi connectivity index (χ2v) is 12.1. The molecule has 0 aromatic heterocycles. The van der Waals surface area contributed by atoms with Gasteiger partial charge in [-0.15, -0.1) is 0 Å². The molecule has 0 saturated heterocycles. The van der Waals surface area contributed by atoms with Gasteiger partial charge in [-0.25, -0.2) is 4.99 Å². The van der Waals surface area contributed by atoms with Crippen molar-refractivity contribution < 1.29 is 57.4 Å². The summed E-state index contributed by atoms with van der Waals surface area (Å²) < 4.78 is 171. The molecule has 1 unspecified atom stereocenters. The summed E-state index contributed by atoms with van der Waals surface area (Å²) in [6, 6.07) is 5.74. The zero-order valence-corrected chi connectivity index (χ0v) is 22.9. The van der Waals surface area contributed by atoms with E-state index in [2.05, 4.69) is 4.99 Å². The minimum atomic E-state index is -5.33. The van der Waals surface area contributed by atoms with E-state index in [9.17, 15) is 52.7 Å². The highest BCUT2D eigenvalue weighted by molar-refractivity contribution is 7.80. The molecule has 0 aliphatic carbocycles. The molecule has 3 aromatic carbocycles. The molecular formula is C28H20F12NOP. The summed E-state index contributed by atoms with van der Waals surface area (Å²) in [5.41, 5.74) is -7.10. The molecule has 1 aliphatic rings. The van der Waals surface area contributed by atoms with Crippen LogP contribution in [-0.2, 0) is 29.4 Å². The summed E-state index contributed by atoms with van der Waals surface area (Å²) in [7, 11) is -2.93. The smallest absolute Gasteiger partial charge is 0.416 e. The Morgan fingerprint density at radius 1 is 0.651 bits per heavy atom. The van der Waals surface area contributed by atoms with Gasteiger partial charge in [0.2, 0.25) is 5.90 Å². The van der Waals surface area contributed by atoms with Gasteiger partial charge in [-0.2, -0.15) is 52.7 Å². The van der Waals surface area contributed by atoms with Crippen molar-refractivity contribution in [1.29, 1.82) is 0 Å². The number of hydrogen-bond acceptors (Lipinski definition) is 2. The van der Waals surface area contributed by atoms with Gasteiger partial charge in [0.15, 0.2) is 0 Å².